The van der Waals surface area contributed by atoms with Gasteiger partial charge >= 0.3 is 0 Å². The number of rotatable bonds is 3. The molecular formula is C14H19N5O. The topological polar surface area (TPSA) is 69.2 Å². The molecule has 2 N–H and O–H groups in total. The molecule has 6 nitrogen and oxygen atoms in total. The zero-order valence-corrected chi connectivity index (χ0v) is 11.6. The number of hydrogen-bond acceptors (Lipinski definition) is 5. The first-order chi connectivity index (χ1) is 9.76. The number of nitrogen functional groups attached to an aromatic ring is 1. The molecule has 1 aliphatic rings. The van der Waals surface area contributed by atoms with E-state index in [1.165, 1.54) is 0 Å². The lowest BCUT2D eigenvalue weighted by Gasteiger charge is -2.30. The number of ether oxygens (including phenoxy) is 1. The minimum Gasteiger partial charge on any atom is -0.399 e. The number of benzene rings is 1. The molecule has 1 saturated heterocycles. The Morgan fingerprint density at radius 1 is 1.20 bits per heavy atom. The van der Waals surface area contributed by atoms with Crippen LogP contribution in [0.5, 0.6) is 0 Å². The van der Waals surface area contributed by atoms with E-state index < -0.39 is 0 Å². The van der Waals surface area contributed by atoms with Crippen LogP contribution in [0, 0.1) is 0 Å². The molecule has 1 fully saturated rings. The van der Waals surface area contributed by atoms with Crippen LogP contribution in [-0.2, 0) is 4.74 Å². The van der Waals surface area contributed by atoms with Crippen LogP contribution in [0.15, 0.2) is 30.6 Å². The van der Waals surface area contributed by atoms with Crippen LogP contribution in [0.3, 0.4) is 0 Å². The number of anilines is 2. The van der Waals surface area contributed by atoms with Crippen LogP contribution in [0.2, 0.25) is 0 Å². The smallest absolute Gasteiger partial charge is 0.245 e. The molecule has 1 aromatic carbocycles. The van der Waals surface area contributed by atoms with Gasteiger partial charge in [-0.1, -0.05) is 0 Å². The molecule has 0 aliphatic carbocycles. The van der Waals surface area contributed by atoms with Crippen LogP contribution in [0.1, 0.15) is 12.8 Å². The molecule has 20 heavy (non-hydrogen) atoms. The fraction of sp³-hybridized carbons (Fsp3) is 0.429. The SMILES string of the molecule is COC1CCN(c2ncn(-c3ccc(N)cc3)n2)CC1. The summed E-state index contributed by atoms with van der Waals surface area (Å²) in [5.41, 5.74) is 7.40. The molecule has 0 atom stereocenters. The molecule has 2 heterocycles. The number of piperidine rings is 1. The fourth-order valence-corrected chi connectivity index (χ4v) is 2.44. The van der Waals surface area contributed by atoms with Gasteiger partial charge in [0, 0.05) is 25.9 Å². The highest BCUT2D eigenvalue weighted by Crippen LogP contribution is 2.18. The lowest BCUT2D eigenvalue weighted by Crippen LogP contribution is -2.37. The Balaban J connectivity index is 1.72. The van der Waals surface area contributed by atoms with E-state index in [1.54, 1.807) is 18.1 Å². The van der Waals surface area contributed by atoms with E-state index in [4.69, 9.17) is 10.5 Å². The summed E-state index contributed by atoms with van der Waals surface area (Å²) in [6.45, 7) is 1.87. The summed E-state index contributed by atoms with van der Waals surface area (Å²) in [5, 5.41) is 4.53. The first-order valence-electron chi connectivity index (χ1n) is 6.81. The van der Waals surface area contributed by atoms with Gasteiger partial charge in [0.2, 0.25) is 5.95 Å². The molecule has 0 saturated carbocycles. The molecule has 0 spiro atoms. The van der Waals surface area contributed by atoms with Crippen LogP contribution in [0.4, 0.5) is 11.6 Å². The van der Waals surface area contributed by atoms with E-state index in [2.05, 4.69) is 15.0 Å². The highest BCUT2D eigenvalue weighted by Gasteiger charge is 2.21. The highest BCUT2D eigenvalue weighted by atomic mass is 16.5. The van der Waals surface area contributed by atoms with Crippen molar-refractivity contribution >= 4 is 11.6 Å². The van der Waals surface area contributed by atoms with Gasteiger partial charge in [-0.05, 0) is 37.1 Å². The van der Waals surface area contributed by atoms with Crippen molar-refractivity contribution in [3.63, 3.8) is 0 Å². The summed E-state index contributed by atoms with van der Waals surface area (Å²) in [7, 11) is 1.77. The van der Waals surface area contributed by atoms with Crippen LogP contribution in [0.25, 0.3) is 5.69 Å². The third-order valence-electron chi connectivity index (χ3n) is 3.70. The third-order valence-corrected chi connectivity index (χ3v) is 3.70. The number of methoxy groups -OCH3 is 1. The minimum absolute atomic E-state index is 0.366. The summed E-state index contributed by atoms with van der Waals surface area (Å²) in [4.78, 5) is 6.59. The van der Waals surface area contributed by atoms with E-state index in [0.717, 1.165) is 43.3 Å². The first kappa shape index (κ1) is 12.9. The van der Waals surface area contributed by atoms with E-state index in [-0.39, 0.29) is 0 Å². The van der Waals surface area contributed by atoms with Gasteiger partial charge in [-0.2, -0.15) is 4.98 Å². The zero-order chi connectivity index (χ0) is 13.9. The van der Waals surface area contributed by atoms with Crippen LogP contribution >= 0.6 is 0 Å². The molecule has 1 aliphatic heterocycles. The Morgan fingerprint density at radius 2 is 1.90 bits per heavy atom. The molecule has 0 amide bonds. The zero-order valence-electron chi connectivity index (χ0n) is 11.6. The molecule has 0 bridgehead atoms. The predicted octanol–water partition coefficient (Wildman–Crippen LogP) is 1.46. The second kappa shape index (κ2) is 5.50. The summed E-state index contributed by atoms with van der Waals surface area (Å²) in [5.74, 6) is 0.774. The van der Waals surface area contributed by atoms with Crippen molar-refractivity contribution < 1.29 is 4.74 Å². The molecule has 0 unspecified atom stereocenters. The van der Waals surface area contributed by atoms with Crippen molar-refractivity contribution in [3.05, 3.63) is 30.6 Å². The van der Waals surface area contributed by atoms with Crippen molar-refractivity contribution in [3.8, 4) is 5.69 Å². The predicted molar refractivity (Wildman–Crippen MR) is 78.0 cm³/mol. The van der Waals surface area contributed by atoms with E-state index in [1.807, 2.05) is 24.3 Å². The van der Waals surface area contributed by atoms with Gasteiger partial charge in [0.05, 0.1) is 11.8 Å². The highest BCUT2D eigenvalue weighted by molar-refractivity contribution is 5.45. The van der Waals surface area contributed by atoms with E-state index >= 15 is 0 Å². The molecule has 6 heteroatoms. The number of nitrogens with two attached hydrogens (primary N) is 1. The average molecular weight is 273 g/mol. The molecular weight excluding hydrogens is 254 g/mol. The van der Waals surface area contributed by atoms with Gasteiger partial charge in [-0.15, -0.1) is 5.10 Å². The minimum atomic E-state index is 0.366. The van der Waals surface area contributed by atoms with Gasteiger partial charge < -0.3 is 15.4 Å². The maximum atomic E-state index is 5.69. The Labute approximate surface area is 118 Å². The molecule has 0 radical (unpaired) electrons. The van der Waals surface area contributed by atoms with Crippen molar-refractivity contribution in [1.82, 2.24) is 14.8 Å². The van der Waals surface area contributed by atoms with Crippen molar-refractivity contribution in [2.75, 3.05) is 30.8 Å². The molecule has 106 valence electrons. The monoisotopic (exact) mass is 273 g/mol. The largest absolute Gasteiger partial charge is 0.399 e. The van der Waals surface area contributed by atoms with Crippen molar-refractivity contribution in [2.45, 2.75) is 18.9 Å². The summed E-state index contributed by atoms with van der Waals surface area (Å²) in [6, 6.07) is 7.59. The van der Waals surface area contributed by atoms with Crippen molar-refractivity contribution in [1.29, 1.82) is 0 Å². The Kier molecular flexibility index (Phi) is 3.56. The third kappa shape index (κ3) is 2.60. The van der Waals surface area contributed by atoms with Gasteiger partial charge in [0.1, 0.15) is 6.33 Å². The number of aromatic nitrogens is 3. The lowest BCUT2D eigenvalue weighted by molar-refractivity contribution is 0.0816. The van der Waals surface area contributed by atoms with Gasteiger partial charge in [-0.25, -0.2) is 4.68 Å². The van der Waals surface area contributed by atoms with Gasteiger partial charge in [0.15, 0.2) is 0 Å². The Bertz CT molecular complexity index is 557. The number of nitrogens with zero attached hydrogens (tertiary/aromatic N) is 4. The van der Waals surface area contributed by atoms with Gasteiger partial charge in [-0.3, -0.25) is 0 Å². The number of hydrogen-bond donors (Lipinski definition) is 1. The Morgan fingerprint density at radius 3 is 2.55 bits per heavy atom. The average Bonchev–Trinajstić information content (AvgIpc) is 2.98. The maximum absolute atomic E-state index is 5.69. The summed E-state index contributed by atoms with van der Waals surface area (Å²) < 4.78 is 7.15. The summed E-state index contributed by atoms with van der Waals surface area (Å²) >= 11 is 0. The standard InChI is InChI=1S/C14H19N5O/c1-20-13-6-8-18(9-7-13)14-16-10-19(17-14)12-4-2-11(15)3-5-12/h2-5,10,13H,6-9,15H2,1H3. The maximum Gasteiger partial charge on any atom is 0.245 e. The van der Waals surface area contributed by atoms with Crippen LogP contribution < -0.4 is 10.6 Å². The molecule has 1 aromatic heterocycles. The first-order valence-corrected chi connectivity index (χ1v) is 6.81. The van der Waals surface area contributed by atoms with E-state index in [0.29, 0.717) is 6.10 Å². The quantitative estimate of drug-likeness (QED) is 0.857. The van der Waals surface area contributed by atoms with Gasteiger partial charge in [0.25, 0.3) is 0 Å². The fourth-order valence-electron chi connectivity index (χ4n) is 2.44. The molecule has 3 rings (SSSR count). The van der Waals surface area contributed by atoms with E-state index in [9.17, 15) is 0 Å². The second-order valence-electron chi connectivity index (χ2n) is 5.00. The Hall–Kier alpha value is -2.08. The second-order valence-corrected chi connectivity index (χ2v) is 5.00. The van der Waals surface area contributed by atoms with Crippen LogP contribution in [-0.4, -0.2) is 41.1 Å². The lowest BCUT2D eigenvalue weighted by atomic mass is 10.1. The molecule has 2 aromatic rings. The van der Waals surface area contributed by atoms with Crippen molar-refractivity contribution in [2.24, 2.45) is 0 Å². The summed E-state index contributed by atoms with van der Waals surface area (Å²) in [6.07, 6.45) is 4.15. The normalized spacial score (nSPS) is 16.6.